The lowest BCUT2D eigenvalue weighted by atomic mass is 10.2. The number of carbonyl (C=O) groups excluding carboxylic acids is 1. The number of hydrogen-bond donors (Lipinski definition) is 2. The lowest BCUT2D eigenvalue weighted by Gasteiger charge is -2.23. The molecule has 0 saturated carbocycles. The van der Waals surface area contributed by atoms with Gasteiger partial charge in [0.25, 0.3) is 5.91 Å². The number of hydrogen-bond acceptors (Lipinski definition) is 4. The van der Waals surface area contributed by atoms with E-state index in [9.17, 15) is 4.79 Å². The van der Waals surface area contributed by atoms with Crippen LogP contribution in [-0.2, 0) is 11.3 Å². The fourth-order valence-electron chi connectivity index (χ4n) is 3.67. The topological polar surface area (TPSA) is 89.2 Å². The summed E-state index contributed by atoms with van der Waals surface area (Å²) in [5, 5.41) is 5.28. The normalized spacial score (nSPS) is 20.2. The van der Waals surface area contributed by atoms with E-state index in [2.05, 4.69) is 16.1 Å². The fraction of sp³-hybridized carbons (Fsp3) is 0.368. The molecule has 3 N–H and O–H groups in total. The molecule has 7 nitrogen and oxygen atoms in total. The molecule has 0 bridgehead atoms. The minimum atomic E-state index is -0.0106. The van der Waals surface area contributed by atoms with Crippen LogP contribution in [0.25, 0.3) is 10.9 Å². The summed E-state index contributed by atoms with van der Waals surface area (Å²) in [6.07, 6.45) is 2.65. The monoisotopic (exact) mass is 353 g/mol. The van der Waals surface area contributed by atoms with Crippen LogP contribution in [0.1, 0.15) is 22.5 Å². The third-order valence-corrected chi connectivity index (χ3v) is 5.04. The summed E-state index contributed by atoms with van der Waals surface area (Å²) < 4.78 is 7.30. The average molecular weight is 353 g/mol. The van der Waals surface area contributed by atoms with Crippen molar-refractivity contribution in [1.29, 1.82) is 0 Å². The van der Waals surface area contributed by atoms with E-state index in [1.165, 1.54) is 0 Å². The van der Waals surface area contributed by atoms with Crippen LogP contribution in [0.3, 0.4) is 0 Å². The van der Waals surface area contributed by atoms with Crippen molar-refractivity contribution in [2.75, 3.05) is 19.4 Å². The van der Waals surface area contributed by atoms with Gasteiger partial charge in [-0.2, -0.15) is 5.10 Å². The van der Waals surface area contributed by atoms with Gasteiger partial charge in [0, 0.05) is 30.8 Å². The van der Waals surface area contributed by atoms with Gasteiger partial charge in [-0.25, -0.2) is 0 Å². The van der Waals surface area contributed by atoms with Crippen LogP contribution in [-0.4, -0.2) is 51.4 Å². The molecule has 2 aromatic heterocycles. The molecule has 0 unspecified atom stereocenters. The summed E-state index contributed by atoms with van der Waals surface area (Å²) in [5.74, 6) is 0.471. The zero-order chi connectivity index (χ0) is 18.3. The number of methoxy groups -OCH3 is 1. The number of carbonyl (C=O) groups is 1. The number of rotatable bonds is 4. The number of aromatic amines is 1. The Morgan fingerprint density at radius 2 is 2.23 bits per heavy atom. The van der Waals surface area contributed by atoms with Gasteiger partial charge < -0.3 is 20.4 Å². The number of aromatic nitrogens is 3. The third kappa shape index (κ3) is 3.06. The fourth-order valence-corrected chi connectivity index (χ4v) is 3.67. The molecule has 0 spiro atoms. The number of nitrogens with two attached hydrogens (primary N) is 1. The Hall–Kier alpha value is -2.80. The molecule has 0 radical (unpaired) electrons. The number of likely N-dealkylation sites (tertiary alicyclic amines) is 1. The zero-order valence-electron chi connectivity index (χ0n) is 15.0. The number of H-pyrrole nitrogens is 1. The lowest BCUT2D eigenvalue weighted by Crippen LogP contribution is -2.38. The van der Waals surface area contributed by atoms with Crippen molar-refractivity contribution >= 4 is 22.6 Å². The second-order valence-corrected chi connectivity index (χ2v) is 6.94. The van der Waals surface area contributed by atoms with E-state index in [1.54, 1.807) is 17.9 Å². The van der Waals surface area contributed by atoms with E-state index in [-0.39, 0.29) is 18.1 Å². The van der Waals surface area contributed by atoms with Gasteiger partial charge in [-0.3, -0.25) is 9.48 Å². The predicted molar refractivity (Wildman–Crippen MR) is 99.9 cm³/mol. The molecule has 7 heteroatoms. The Balaban J connectivity index is 1.60. The van der Waals surface area contributed by atoms with E-state index < -0.39 is 0 Å². The van der Waals surface area contributed by atoms with Crippen LogP contribution in [0.5, 0.6) is 0 Å². The maximum Gasteiger partial charge on any atom is 0.270 e. The van der Waals surface area contributed by atoms with Gasteiger partial charge in [0.15, 0.2) is 0 Å². The summed E-state index contributed by atoms with van der Waals surface area (Å²) in [5.41, 5.74) is 8.45. The number of fused-ring (bicyclic) bond motifs is 1. The molecule has 3 heterocycles. The van der Waals surface area contributed by atoms with Gasteiger partial charge in [-0.1, -0.05) is 12.1 Å². The summed E-state index contributed by atoms with van der Waals surface area (Å²) in [4.78, 5) is 18.3. The molecule has 1 saturated heterocycles. The van der Waals surface area contributed by atoms with Gasteiger partial charge in [-0.15, -0.1) is 0 Å². The molecule has 1 amide bonds. The quantitative estimate of drug-likeness (QED) is 0.752. The second kappa shape index (κ2) is 6.49. The SMILES string of the molecule is CO[C@H]1C[C@@H](Cn2ccc(N)n2)N(C(=O)c2cc3ccc(C)cc3[nH]2)C1. The summed E-state index contributed by atoms with van der Waals surface area (Å²) >= 11 is 0. The number of aryl methyl sites for hydroxylation is 1. The van der Waals surface area contributed by atoms with Crippen molar-refractivity contribution in [2.45, 2.75) is 32.0 Å². The number of ether oxygens (including phenoxy) is 1. The first-order chi connectivity index (χ1) is 12.5. The molecule has 26 heavy (non-hydrogen) atoms. The zero-order valence-corrected chi connectivity index (χ0v) is 15.0. The Morgan fingerprint density at radius 1 is 1.38 bits per heavy atom. The molecule has 1 aromatic carbocycles. The standard InChI is InChI=1S/C19H23N5O2/c1-12-3-4-13-8-17(21-16(13)7-12)19(25)24-11-15(26-2)9-14(24)10-23-6-5-18(20)22-23/h3-8,14-15,21H,9-11H2,1-2H3,(H2,20,22)/t14-,15-/m0/s1. The van der Waals surface area contributed by atoms with E-state index >= 15 is 0 Å². The number of benzene rings is 1. The lowest BCUT2D eigenvalue weighted by molar-refractivity contribution is 0.0674. The molecule has 3 aromatic rings. The number of nitrogens with zero attached hydrogens (tertiary/aromatic N) is 3. The van der Waals surface area contributed by atoms with E-state index in [0.29, 0.717) is 24.6 Å². The minimum absolute atomic E-state index is 0.0106. The molecular weight excluding hydrogens is 330 g/mol. The number of nitrogens with one attached hydrogen (secondary N) is 1. The Bertz CT molecular complexity index is 944. The molecule has 1 fully saturated rings. The molecule has 1 aliphatic rings. The van der Waals surface area contributed by atoms with Crippen LogP contribution in [0.4, 0.5) is 5.82 Å². The van der Waals surface area contributed by atoms with Crippen LogP contribution in [0.2, 0.25) is 0 Å². The molecule has 0 aliphatic carbocycles. The molecular formula is C19H23N5O2. The maximum atomic E-state index is 13.2. The largest absolute Gasteiger partial charge is 0.382 e. The van der Waals surface area contributed by atoms with Crippen molar-refractivity contribution in [3.05, 3.63) is 47.8 Å². The summed E-state index contributed by atoms with van der Waals surface area (Å²) in [6.45, 7) is 3.21. The van der Waals surface area contributed by atoms with Crippen molar-refractivity contribution in [3.63, 3.8) is 0 Å². The highest BCUT2D eigenvalue weighted by atomic mass is 16.5. The maximum absolute atomic E-state index is 13.2. The smallest absolute Gasteiger partial charge is 0.270 e. The van der Waals surface area contributed by atoms with Gasteiger partial charge in [0.2, 0.25) is 0 Å². The van der Waals surface area contributed by atoms with E-state index in [1.807, 2.05) is 36.2 Å². The number of amides is 1. The van der Waals surface area contributed by atoms with Crippen molar-refractivity contribution < 1.29 is 9.53 Å². The summed E-state index contributed by atoms with van der Waals surface area (Å²) in [7, 11) is 1.69. The Morgan fingerprint density at radius 3 is 2.96 bits per heavy atom. The van der Waals surface area contributed by atoms with Crippen LogP contribution < -0.4 is 5.73 Å². The second-order valence-electron chi connectivity index (χ2n) is 6.94. The number of anilines is 1. The van der Waals surface area contributed by atoms with Crippen molar-refractivity contribution in [2.24, 2.45) is 0 Å². The van der Waals surface area contributed by atoms with E-state index in [4.69, 9.17) is 10.5 Å². The molecule has 1 aliphatic heterocycles. The molecule has 2 atom stereocenters. The average Bonchev–Trinajstić information content (AvgIpc) is 3.32. The molecule has 136 valence electrons. The minimum Gasteiger partial charge on any atom is -0.382 e. The van der Waals surface area contributed by atoms with Crippen LogP contribution >= 0.6 is 0 Å². The predicted octanol–water partition coefficient (Wildman–Crippen LogP) is 2.18. The van der Waals surface area contributed by atoms with Gasteiger partial charge in [0.1, 0.15) is 11.5 Å². The highest BCUT2D eigenvalue weighted by Crippen LogP contribution is 2.25. The highest BCUT2D eigenvalue weighted by Gasteiger charge is 2.36. The highest BCUT2D eigenvalue weighted by molar-refractivity contribution is 5.98. The van der Waals surface area contributed by atoms with Crippen molar-refractivity contribution in [3.8, 4) is 0 Å². The number of nitrogen functional groups attached to an aromatic ring is 1. The van der Waals surface area contributed by atoms with Crippen LogP contribution in [0.15, 0.2) is 36.5 Å². The first-order valence-electron chi connectivity index (χ1n) is 8.75. The van der Waals surface area contributed by atoms with Crippen molar-refractivity contribution in [1.82, 2.24) is 19.7 Å². The van der Waals surface area contributed by atoms with Gasteiger partial charge in [0.05, 0.1) is 18.7 Å². The van der Waals surface area contributed by atoms with E-state index in [0.717, 1.165) is 22.9 Å². The first-order valence-corrected chi connectivity index (χ1v) is 8.75. The third-order valence-electron chi connectivity index (χ3n) is 5.04. The van der Waals surface area contributed by atoms with Gasteiger partial charge >= 0.3 is 0 Å². The summed E-state index contributed by atoms with van der Waals surface area (Å²) in [6, 6.07) is 9.82. The Labute approximate surface area is 151 Å². The van der Waals surface area contributed by atoms with Gasteiger partial charge in [-0.05, 0) is 37.1 Å². The Kier molecular flexibility index (Phi) is 4.16. The molecule has 4 rings (SSSR count). The first kappa shape index (κ1) is 16.7. The van der Waals surface area contributed by atoms with Crippen LogP contribution in [0, 0.1) is 6.92 Å².